The van der Waals surface area contributed by atoms with Crippen molar-refractivity contribution in [1.82, 2.24) is 20.0 Å². The number of para-hydroxylation sites is 1. The van der Waals surface area contributed by atoms with Crippen LogP contribution >= 0.6 is 12.4 Å². The number of hydrogen-bond donors (Lipinski definition) is 1. The van der Waals surface area contributed by atoms with E-state index in [2.05, 4.69) is 24.4 Å². The Hall–Kier alpha value is -1.85. The Bertz CT molecular complexity index is 815. The van der Waals surface area contributed by atoms with Gasteiger partial charge >= 0.3 is 0 Å². The van der Waals surface area contributed by atoms with Gasteiger partial charge < -0.3 is 10.2 Å². The maximum absolute atomic E-state index is 13.3. The first-order chi connectivity index (χ1) is 12.7. The fraction of sp³-hybridized carbons (Fsp3) is 0.524. The maximum atomic E-state index is 13.3. The number of carbonyl (C=O) groups is 1. The lowest BCUT2D eigenvalue weighted by Crippen LogP contribution is -2.42. The predicted octanol–water partition coefficient (Wildman–Crippen LogP) is 3.16. The van der Waals surface area contributed by atoms with Gasteiger partial charge in [-0.05, 0) is 70.2 Å². The Kier molecular flexibility index (Phi) is 6.22. The summed E-state index contributed by atoms with van der Waals surface area (Å²) in [6.07, 6.45) is 5.36. The van der Waals surface area contributed by atoms with Gasteiger partial charge in [-0.3, -0.25) is 4.79 Å². The highest BCUT2D eigenvalue weighted by Crippen LogP contribution is 2.30. The van der Waals surface area contributed by atoms with Crippen LogP contribution in [0, 0.1) is 12.8 Å². The topological polar surface area (TPSA) is 50.2 Å². The van der Waals surface area contributed by atoms with Gasteiger partial charge in [-0.1, -0.05) is 18.2 Å². The van der Waals surface area contributed by atoms with Crippen molar-refractivity contribution in [3.63, 3.8) is 0 Å². The number of aromatic nitrogens is 2. The smallest absolute Gasteiger partial charge is 0.274 e. The standard InChI is InChI=1S/C21H28N4O.ClH/c1-15-7-3-4-10-18(15)25-19-11-5-9-17(19)20(23-25)21(26)24-12-6-8-16(14-24)13-22-2;/h3-4,7,10,16,22H,5-6,8-9,11-14H2,1-2H3;1H. The Morgan fingerprint density at radius 1 is 1.26 bits per heavy atom. The summed E-state index contributed by atoms with van der Waals surface area (Å²) in [6, 6.07) is 8.29. The van der Waals surface area contributed by atoms with Gasteiger partial charge in [0.15, 0.2) is 5.69 Å². The van der Waals surface area contributed by atoms with Crippen LogP contribution in [0.4, 0.5) is 0 Å². The van der Waals surface area contributed by atoms with Gasteiger partial charge in [0.2, 0.25) is 0 Å². The van der Waals surface area contributed by atoms with Crippen molar-refractivity contribution in [1.29, 1.82) is 0 Å². The van der Waals surface area contributed by atoms with Gasteiger partial charge in [-0.15, -0.1) is 12.4 Å². The van der Waals surface area contributed by atoms with Crippen LogP contribution in [0.3, 0.4) is 0 Å². The lowest BCUT2D eigenvalue weighted by molar-refractivity contribution is 0.0666. The molecule has 1 aliphatic heterocycles. The summed E-state index contributed by atoms with van der Waals surface area (Å²) in [7, 11) is 1.98. The van der Waals surface area contributed by atoms with Crippen LogP contribution in [0.2, 0.25) is 0 Å². The SMILES string of the molecule is CNCC1CCCN(C(=O)c2nn(-c3ccccc3C)c3c2CCC3)C1.Cl. The molecule has 0 radical (unpaired) electrons. The number of halogens is 1. The number of likely N-dealkylation sites (tertiary alicyclic amines) is 1. The molecule has 146 valence electrons. The van der Waals surface area contributed by atoms with Crippen LogP contribution in [-0.4, -0.2) is 47.3 Å². The highest BCUT2D eigenvalue weighted by Gasteiger charge is 2.31. The van der Waals surface area contributed by atoms with E-state index in [0.717, 1.165) is 51.0 Å². The first-order valence-electron chi connectivity index (χ1n) is 9.79. The highest BCUT2D eigenvalue weighted by molar-refractivity contribution is 5.94. The minimum atomic E-state index is 0. The summed E-state index contributed by atoms with van der Waals surface area (Å²) in [5, 5.41) is 8.07. The number of rotatable bonds is 4. The van der Waals surface area contributed by atoms with Gasteiger partial charge in [-0.25, -0.2) is 4.68 Å². The van der Waals surface area contributed by atoms with Crippen molar-refractivity contribution < 1.29 is 4.79 Å². The number of benzene rings is 1. The first-order valence-corrected chi connectivity index (χ1v) is 9.79. The van der Waals surface area contributed by atoms with E-state index in [1.165, 1.54) is 23.2 Å². The molecule has 0 spiro atoms. The van der Waals surface area contributed by atoms with E-state index >= 15 is 0 Å². The van der Waals surface area contributed by atoms with Crippen LogP contribution in [-0.2, 0) is 12.8 Å². The van der Waals surface area contributed by atoms with E-state index in [0.29, 0.717) is 11.6 Å². The zero-order valence-corrected chi connectivity index (χ0v) is 17.0. The second-order valence-corrected chi connectivity index (χ2v) is 7.64. The molecular weight excluding hydrogens is 360 g/mol. The van der Waals surface area contributed by atoms with Crippen molar-refractivity contribution in [3.8, 4) is 5.69 Å². The van der Waals surface area contributed by atoms with Gasteiger partial charge in [0, 0.05) is 24.3 Å². The van der Waals surface area contributed by atoms with E-state index in [1.54, 1.807) is 0 Å². The van der Waals surface area contributed by atoms with Crippen molar-refractivity contribution in [2.24, 2.45) is 5.92 Å². The van der Waals surface area contributed by atoms with Crippen LogP contribution < -0.4 is 5.32 Å². The summed E-state index contributed by atoms with van der Waals surface area (Å²) in [5.41, 5.74) is 5.37. The molecule has 0 saturated carbocycles. The minimum Gasteiger partial charge on any atom is -0.337 e. The molecule has 0 bridgehead atoms. The minimum absolute atomic E-state index is 0. The molecule has 2 aliphatic rings. The second kappa shape index (κ2) is 8.44. The fourth-order valence-electron chi connectivity index (χ4n) is 4.46. The molecule has 5 nitrogen and oxygen atoms in total. The van der Waals surface area contributed by atoms with Crippen LogP contribution in [0.15, 0.2) is 24.3 Å². The lowest BCUT2D eigenvalue weighted by Gasteiger charge is -2.32. The number of aryl methyl sites for hydroxylation is 1. The van der Waals surface area contributed by atoms with Gasteiger partial charge in [0.1, 0.15) is 0 Å². The molecule has 27 heavy (non-hydrogen) atoms. The summed E-state index contributed by atoms with van der Waals surface area (Å²) in [6.45, 7) is 4.77. The van der Waals surface area contributed by atoms with Crippen molar-refractivity contribution >= 4 is 18.3 Å². The molecule has 1 aromatic heterocycles. The lowest BCUT2D eigenvalue weighted by atomic mass is 9.97. The average Bonchev–Trinajstić information content (AvgIpc) is 3.25. The zero-order valence-electron chi connectivity index (χ0n) is 16.2. The fourth-order valence-corrected chi connectivity index (χ4v) is 4.46. The molecule has 1 amide bonds. The zero-order chi connectivity index (χ0) is 18.1. The van der Waals surface area contributed by atoms with Gasteiger partial charge in [0.05, 0.1) is 5.69 Å². The first kappa shape index (κ1) is 19.9. The van der Waals surface area contributed by atoms with E-state index in [4.69, 9.17) is 5.10 Å². The number of nitrogens with zero attached hydrogens (tertiary/aromatic N) is 3. The third kappa shape index (κ3) is 3.76. The molecular formula is C21H29ClN4O. The Balaban J connectivity index is 0.00000210. The Labute approximate surface area is 167 Å². The highest BCUT2D eigenvalue weighted by atomic mass is 35.5. The van der Waals surface area contributed by atoms with Crippen LogP contribution in [0.25, 0.3) is 5.69 Å². The predicted molar refractivity (Wildman–Crippen MR) is 110 cm³/mol. The largest absolute Gasteiger partial charge is 0.337 e. The quantitative estimate of drug-likeness (QED) is 0.875. The summed E-state index contributed by atoms with van der Waals surface area (Å²) in [5.74, 6) is 0.667. The maximum Gasteiger partial charge on any atom is 0.274 e. The van der Waals surface area contributed by atoms with Crippen molar-refractivity contribution in [2.75, 3.05) is 26.7 Å². The van der Waals surface area contributed by atoms with Crippen molar-refractivity contribution in [3.05, 3.63) is 46.8 Å². The average molecular weight is 389 g/mol. The Morgan fingerprint density at radius 3 is 2.85 bits per heavy atom. The molecule has 2 aromatic rings. The van der Waals surface area contributed by atoms with E-state index < -0.39 is 0 Å². The van der Waals surface area contributed by atoms with Crippen LogP contribution in [0.1, 0.15) is 46.6 Å². The number of piperidine rings is 1. The van der Waals surface area contributed by atoms with Crippen LogP contribution in [0.5, 0.6) is 0 Å². The van der Waals surface area contributed by atoms with Crippen molar-refractivity contribution in [2.45, 2.75) is 39.0 Å². The number of nitrogens with one attached hydrogen (secondary N) is 1. The Morgan fingerprint density at radius 2 is 2.07 bits per heavy atom. The molecule has 1 aliphatic carbocycles. The molecule has 6 heteroatoms. The number of fused-ring (bicyclic) bond motifs is 1. The number of amides is 1. The van der Waals surface area contributed by atoms with E-state index in [1.807, 2.05) is 28.8 Å². The molecule has 1 N–H and O–H groups in total. The molecule has 4 rings (SSSR count). The van der Waals surface area contributed by atoms with Gasteiger partial charge in [0.25, 0.3) is 5.91 Å². The number of hydrogen-bond acceptors (Lipinski definition) is 3. The molecule has 1 atom stereocenters. The second-order valence-electron chi connectivity index (χ2n) is 7.64. The molecule has 1 fully saturated rings. The normalized spacial score (nSPS) is 18.9. The molecule has 1 saturated heterocycles. The third-order valence-electron chi connectivity index (χ3n) is 5.78. The number of carbonyl (C=O) groups excluding carboxylic acids is 1. The summed E-state index contributed by atoms with van der Waals surface area (Å²) in [4.78, 5) is 15.3. The van der Waals surface area contributed by atoms with E-state index in [9.17, 15) is 4.79 Å². The summed E-state index contributed by atoms with van der Waals surface area (Å²) < 4.78 is 2.03. The molecule has 1 aromatic carbocycles. The van der Waals surface area contributed by atoms with E-state index in [-0.39, 0.29) is 18.3 Å². The summed E-state index contributed by atoms with van der Waals surface area (Å²) >= 11 is 0. The molecule has 1 unspecified atom stereocenters. The molecule has 2 heterocycles. The van der Waals surface area contributed by atoms with Gasteiger partial charge in [-0.2, -0.15) is 5.10 Å². The monoisotopic (exact) mass is 388 g/mol. The third-order valence-corrected chi connectivity index (χ3v) is 5.78.